The minimum atomic E-state index is 0.348. The van der Waals surface area contributed by atoms with Crippen molar-refractivity contribution in [2.24, 2.45) is 5.73 Å². The van der Waals surface area contributed by atoms with E-state index < -0.39 is 0 Å². The van der Waals surface area contributed by atoms with Gasteiger partial charge in [0.2, 0.25) is 0 Å². The van der Waals surface area contributed by atoms with E-state index in [1.807, 2.05) is 18.2 Å². The minimum Gasteiger partial charge on any atom is -0.493 e. The molecule has 0 bridgehead atoms. The lowest BCUT2D eigenvalue weighted by Crippen LogP contribution is -2.19. The van der Waals surface area contributed by atoms with E-state index in [1.165, 1.54) is 19.3 Å². The third kappa shape index (κ3) is 3.13. The van der Waals surface area contributed by atoms with Gasteiger partial charge in [0.1, 0.15) is 0 Å². The number of hydrogen-bond acceptors (Lipinski definition) is 3. The number of rotatable bonds is 4. The van der Waals surface area contributed by atoms with Crippen molar-refractivity contribution >= 4 is 0 Å². The predicted molar refractivity (Wildman–Crippen MR) is 68.4 cm³/mol. The molecular weight excluding hydrogens is 214 g/mol. The third-order valence-corrected chi connectivity index (χ3v) is 3.31. The summed E-state index contributed by atoms with van der Waals surface area (Å²) in [5, 5.41) is 0. The normalized spacial score (nSPS) is 16.8. The van der Waals surface area contributed by atoms with Crippen LogP contribution < -0.4 is 15.2 Å². The summed E-state index contributed by atoms with van der Waals surface area (Å²) in [5.74, 6) is 1.63. The van der Waals surface area contributed by atoms with Crippen LogP contribution in [-0.2, 0) is 6.54 Å². The van der Waals surface area contributed by atoms with Crippen LogP contribution in [-0.4, -0.2) is 13.2 Å². The fourth-order valence-electron chi connectivity index (χ4n) is 2.30. The minimum absolute atomic E-state index is 0.348. The van der Waals surface area contributed by atoms with Crippen molar-refractivity contribution in [3.8, 4) is 11.5 Å². The molecule has 1 fully saturated rings. The molecule has 94 valence electrons. The van der Waals surface area contributed by atoms with Gasteiger partial charge in [-0.15, -0.1) is 0 Å². The zero-order valence-corrected chi connectivity index (χ0v) is 10.4. The molecule has 0 amide bonds. The molecule has 1 aromatic rings. The lowest BCUT2D eigenvalue weighted by atomic mass is 9.98. The van der Waals surface area contributed by atoms with Crippen molar-refractivity contribution in [2.45, 2.75) is 44.8 Å². The van der Waals surface area contributed by atoms with E-state index >= 15 is 0 Å². The van der Waals surface area contributed by atoms with Crippen LogP contribution in [0.25, 0.3) is 0 Å². The van der Waals surface area contributed by atoms with Gasteiger partial charge < -0.3 is 15.2 Å². The Hall–Kier alpha value is -1.22. The van der Waals surface area contributed by atoms with E-state index in [0.29, 0.717) is 12.6 Å². The van der Waals surface area contributed by atoms with Crippen LogP contribution in [0.2, 0.25) is 0 Å². The second kappa shape index (κ2) is 5.92. The first-order chi connectivity index (χ1) is 8.33. The maximum Gasteiger partial charge on any atom is 0.161 e. The fraction of sp³-hybridized carbons (Fsp3) is 0.571. The van der Waals surface area contributed by atoms with Gasteiger partial charge in [-0.05, 0) is 43.4 Å². The predicted octanol–water partition coefficient (Wildman–Crippen LogP) is 2.87. The zero-order chi connectivity index (χ0) is 12.1. The van der Waals surface area contributed by atoms with Crippen LogP contribution in [0, 0.1) is 0 Å². The summed E-state index contributed by atoms with van der Waals surface area (Å²) < 4.78 is 11.4. The van der Waals surface area contributed by atoms with E-state index in [1.54, 1.807) is 7.11 Å². The molecule has 0 radical (unpaired) electrons. The zero-order valence-electron chi connectivity index (χ0n) is 10.4. The molecule has 0 saturated heterocycles. The highest BCUT2D eigenvalue weighted by Crippen LogP contribution is 2.31. The van der Waals surface area contributed by atoms with Crippen molar-refractivity contribution in [1.29, 1.82) is 0 Å². The first-order valence-corrected chi connectivity index (χ1v) is 6.37. The van der Waals surface area contributed by atoms with Crippen LogP contribution in [0.1, 0.15) is 37.7 Å². The SMILES string of the molecule is COc1cc(CN)ccc1OC1CCCCC1. The van der Waals surface area contributed by atoms with Gasteiger partial charge in [-0.3, -0.25) is 0 Å². The molecule has 3 nitrogen and oxygen atoms in total. The third-order valence-electron chi connectivity index (χ3n) is 3.31. The van der Waals surface area contributed by atoms with Gasteiger partial charge in [0.05, 0.1) is 13.2 Å². The largest absolute Gasteiger partial charge is 0.493 e. The highest BCUT2D eigenvalue weighted by Gasteiger charge is 2.16. The standard InChI is InChI=1S/C14H21NO2/c1-16-14-9-11(10-15)7-8-13(14)17-12-5-3-2-4-6-12/h7-9,12H,2-6,10,15H2,1H3. The number of methoxy groups -OCH3 is 1. The van der Waals surface area contributed by atoms with Gasteiger partial charge in [0, 0.05) is 6.54 Å². The van der Waals surface area contributed by atoms with Crippen LogP contribution in [0.4, 0.5) is 0 Å². The van der Waals surface area contributed by atoms with E-state index in [9.17, 15) is 0 Å². The van der Waals surface area contributed by atoms with E-state index in [2.05, 4.69) is 0 Å². The highest BCUT2D eigenvalue weighted by molar-refractivity contribution is 5.43. The van der Waals surface area contributed by atoms with Crippen molar-refractivity contribution in [2.75, 3.05) is 7.11 Å². The second-order valence-corrected chi connectivity index (χ2v) is 4.57. The van der Waals surface area contributed by atoms with Gasteiger partial charge in [-0.1, -0.05) is 12.5 Å². The summed E-state index contributed by atoms with van der Waals surface area (Å²) in [6.07, 6.45) is 6.54. The summed E-state index contributed by atoms with van der Waals surface area (Å²) in [6, 6.07) is 5.93. The van der Waals surface area contributed by atoms with E-state index in [4.69, 9.17) is 15.2 Å². The lowest BCUT2D eigenvalue weighted by Gasteiger charge is -2.24. The number of nitrogens with two attached hydrogens (primary N) is 1. The molecule has 1 aromatic carbocycles. The van der Waals surface area contributed by atoms with E-state index in [0.717, 1.165) is 29.9 Å². The van der Waals surface area contributed by atoms with Crippen LogP contribution in [0.15, 0.2) is 18.2 Å². The number of benzene rings is 1. The van der Waals surface area contributed by atoms with Gasteiger partial charge in [-0.25, -0.2) is 0 Å². The van der Waals surface area contributed by atoms with Crippen LogP contribution in [0.3, 0.4) is 0 Å². The Morgan fingerprint density at radius 3 is 2.59 bits per heavy atom. The average Bonchev–Trinajstić information content (AvgIpc) is 2.40. The summed E-state index contributed by atoms with van der Waals surface area (Å²) >= 11 is 0. The molecule has 0 unspecified atom stereocenters. The first-order valence-electron chi connectivity index (χ1n) is 6.37. The molecule has 0 aromatic heterocycles. The molecule has 2 N–H and O–H groups in total. The molecule has 0 spiro atoms. The molecule has 0 heterocycles. The van der Waals surface area contributed by atoms with Gasteiger partial charge in [-0.2, -0.15) is 0 Å². The Morgan fingerprint density at radius 2 is 1.94 bits per heavy atom. The Labute approximate surface area is 103 Å². The lowest BCUT2D eigenvalue weighted by molar-refractivity contribution is 0.149. The van der Waals surface area contributed by atoms with Gasteiger partial charge in [0.15, 0.2) is 11.5 Å². The Kier molecular flexibility index (Phi) is 4.26. The Morgan fingerprint density at radius 1 is 1.18 bits per heavy atom. The van der Waals surface area contributed by atoms with Crippen molar-refractivity contribution in [3.05, 3.63) is 23.8 Å². The maximum absolute atomic E-state index is 6.01. The van der Waals surface area contributed by atoms with Crippen LogP contribution in [0.5, 0.6) is 11.5 Å². The van der Waals surface area contributed by atoms with E-state index in [-0.39, 0.29) is 0 Å². The molecule has 1 saturated carbocycles. The molecule has 0 aliphatic heterocycles. The number of ether oxygens (including phenoxy) is 2. The average molecular weight is 235 g/mol. The van der Waals surface area contributed by atoms with Crippen molar-refractivity contribution in [1.82, 2.24) is 0 Å². The Bertz CT molecular complexity index is 359. The molecule has 0 atom stereocenters. The molecule has 1 aliphatic rings. The highest BCUT2D eigenvalue weighted by atomic mass is 16.5. The monoisotopic (exact) mass is 235 g/mol. The summed E-state index contributed by atoms with van der Waals surface area (Å²) in [6.45, 7) is 0.528. The van der Waals surface area contributed by atoms with Crippen LogP contribution >= 0.6 is 0 Å². The summed E-state index contributed by atoms with van der Waals surface area (Å²) in [5.41, 5.74) is 6.68. The van der Waals surface area contributed by atoms with Gasteiger partial charge in [0.25, 0.3) is 0 Å². The second-order valence-electron chi connectivity index (χ2n) is 4.57. The molecule has 3 heteroatoms. The molecular formula is C14H21NO2. The molecule has 17 heavy (non-hydrogen) atoms. The maximum atomic E-state index is 6.01. The number of hydrogen-bond donors (Lipinski definition) is 1. The topological polar surface area (TPSA) is 44.5 Å². The Balaban J connectivity index is 2.08. The summed E-state index contributed by atoms with van der Waals surface area (Å²) in [7, 11) is 1.67. The summed E-state index contributed by atoms with van der Waals surface area (Å²) in [4.78, 5) is 0. The van der Waals surface area contributed by atoms with Crippen molar-refractivity contribution in [3.63, 3.8) is 0 Å². The first kappa shape index (κ1) is 12.2. The van der Waals surface area contributed by atoms with Gasteiger partial charge >= 0.3 is 0 Å². The fourth-order valence-corrected chi connectivity index (χ4v) is 2.30. The smallest absolute Gasteiger partial charge is 0.161 e. The molecule has 2 rings (SSSR count). The van der Waals surface area contributed by atoms with Crippen molar-refractivity contribution < 1.29 is 9.47 Å². The molecule has 1 aliphatic carbocycles. The quantitative estimate of drug-likeness (QED) is 0.872.